The fraction of sp³-hybridized carbons (Fsp3) is 0.667. The van der Waals surface area contributed by atoms with Gasteiger partial charge in [0, 0.05) is 31.9 Å². The summed E-state index contributed by atoms with van der Waals surface area (Å²) in [5, 5.41) is 0.425. The largest absolute Gasteiger partial charge is 0.342 e. The van der Waals surface area contributed by atoms with Gasteiger partial charge in [-0.25, -0.2) is 4.98 Å². The highest BCUT2D eigenvalue weighted by Gasteiger charge is 2.24. The van der Waals surface area contributed by atoms with Crippen molar-refractivity contribution in [2.75, 3.05) is 13.1 Å². The van der Waals surface area contributed by atoms with Crippen LogP contribution >= 0.6 is 11.8 Å². The summed E-state index contributed by atoms with van der Waals surface area (Å²) in [5.74, 6) is 0.127. The molecule has 0 N–H and O–H groups in total. The van der Waals surface area contributed by atoms with Crippen molar-refractivity contribution in [2.45, 2.75) is 50.9 Å². The quantitative estimate of drug-likeness (QED) is 0.572. The first kappa shape index (κ1) is 17.8. The Balaban J connectivity index is 3.03. The second-order valence-corrected chi connectivity index (χ2v) is 6.15. The van der Waals surface area contributed by atoms with Crippen LogP contribution in [-0.4, -0.2) is 38.7 Å². The Hall–Kier alpha value is -1.30. The van der Waals surface area contributed by atoms with Gasteiger partial charge in [-0.2, -0.15) is 0 Å². The number of rotatable bonds is 7. The van der Waals surface area contributed by atoms with E-state index in [1.807, 2.05) is 18.7 Å². The Labute approximate surface area is 130 Å². The first-order valence-electron chi connectivity index (χ1n) is 7.44. The molecule has 0 aromatic carbocycles. The van der Waals surface area contributed by atoms with Crippen molar-refractivity contribution in [3.8, 4) is 0 Å². The van der Waals surface area contributed by atoms with E-state index in [9.17, 15) is 9.59 Å². The summed E-state index contributed by atoms with van der Waals surface area (Å²) in [4.78, 5) is 30.6. The molecule has 5 nitrogen and oxygen atoms in total. The van der Waals surface area contributed by atoms with E-state index in [1.165, 1.54) is 22.4 Å². The monoisotopic (exact) mass is 311 g/mol. The first-order chi connectivity index (χ1) is 9.94. The molecule has 0 spiro atoms. The molecule has 1 aromatic rings. The van der Waals surface area contributed by atoms with Crippen molar-refractivity contribution in [1.82, 2.24) is 14.5 Å². The Bertz CT molecular complexity index is 538. The molecule has 21 heavy (non-hydrogen) atoms. The maximum Gasteiger partial charge on any atom is 0.254 e. The number of hydrogen-bond donors (Lipinski definition) is 0. The molecule has 1 unspecified atom stereocenters. The van der Waals surface area contributed by atoms with Gasteiger partial charge < -0.3 is 4.90 Å². The summed E-state index contributed by atoms with van der Waals surface area (Å²) in [7, 11) is 1.70. The van der Waals surface area contributed by atoms with Gasteiger partial charge in [-0.15, -0.1) is 0 Å². The lowest BCUT2D eigenvalue weighted by molar-refractivity contribution is -0.130. The molecule has 6 heteroatoms. The number of hydrogen-bond acceptors (Lipinski definition) is 4. The summed E-state index contributed by atoms with van der Waals surface area (Å²) < 4.78 is 1.51. The zero-order chi connectivity index (χ0) is 16.0. The Morgan fingerprint density at radius 2 is 2.00 bits per heavy atom. The molecule has 1 atom stereocenters. The van der Waals surface area contributed by atoms with E-state index in [4.69, 9.17) is 0 Å². The van der Waals surface area contributed by atoms with Crippen LogP contribution in [0.15, 0.2) is 16.0 Å². The fourth-order valence-corrected chi connectivity index (χ4v) is 3.40. The smallest absolute Gasteiger partial charge is 0.254 e. The van der Waals surface area contributed by atoms with E-state index in [1.54, 1.807) is 14.0 Å². The summed E-state index contributed by atoms with van der Waals surface area (Å²) in [6, 6.07) is 1.51. The normalized spacial score (nSPS) is 12.2. The maximum absolute atomic E-state index is 12.6. The number of carbonyl (C=O) groups excluding carboxylic acids is 1. The molecule has 0 fully saturated rings. The van der Waals surface area contributed by atoms with Crippen molar-refractivity contribution < 1.29 is 4.79 Å². The van der Waals surface area contributed by atoms with Crippen LogP contribution in [0.25, 0.3) is 0 Å². The average Bonchev–Trinajstić information content (AvgIpc) is 2.44. The van der Waals surface area contributed by atoms with Crippen LogP contribution in [-0.2, 0) is 11.8 Å². The Morgan fingerprint density at radius 1 is 1.38 bits per heavy atom. The molecule has 1 heterocycles. The van der Waals surface area contributed by atoms with Crippen LogP contribution in [0, 0.1) is 6.92 Å². The lowest BCUT2D eigenvalue weighted by Crippen LogP contribution is -2.37. The molecule has 1 rings (SSSR count). The van der Waals surface area contributed by atoms with Crippen LogP contribution in [0.4, 0.5) is 0 Å². The van der Waals surface area contributed by atoms with Gasteiger partial charge in [-0.05, 0) is 27.2 Å². The van der Waals surface area contributed by atoms with Gasteiger partial charge >= 0.3 is 0 Å². The third-order valence-corrected chi connectivity index (χ3v) is 4.67. The molecule has 0 aliphatic carbocycles. The average molecular weight is 311 g/mol. The molecule has 0 aliphatic rings. The molecule has 0 saturated heterocycles. The van der Waals surface area contributed by atoms with Crippen LogP contribution in [0.1, 0.15) is 39.3 Å². The van der Waals surface area contributed by atoms with E-state index in [0.29, 0.717) is 23.9 Å². The number of amides is 1. The highest BCUT2D eigenvalue weighted by atomic mass is 32.2. The van der Waals surface area contributed by atoms with Crippen molar-refractivity contribution in [3.05, 3.63) is 22.1 Å². The van der Waals surface area contributed by atoms with Crippen molar-refractivity contribution in [3.63, 3.8) is 0 Å². The summed E-state index contributed by atoms with van der Waals surface area (Å²) in [5.41, 5.74) is 0.599. The Morgan fingerprint density at radius 3 is 2.52 bits per heavy atom. The van der Waals surface area contributed by atoms with Crippen LogP contribution in [0.2, 0.25) is 0 Å². The lowest BCUT2D eigenvalue weighted by Gasteiger charge is -2.24. The summed E-state index contributed by atoms with van der Waals surface area (Å²) in [6.45, 7) is 9.23. The van der Waals surface area contributed by atoms with Crippen LogP contribution in [0.3, 0.4) is 0 Å². The topological polar surface area (TPSA) is 55.2 Å². The second-order valence-electron chi connectivity index (χ2n) is 4.98. The molecule has 1 amide bonds. The third kappa shape index (κ3) is 4.59. The van der Waals surface area contributed by atoms with Gasteiger partial charge in [0.15, 0.2) is 5.16 Å². The van der Waals surface area contributed by atoms with Gasteiger partial charge in [-0.3, -0.25) is 14.2 Å². The highest BCUT2D eigenvalue weighted by Crippen LogP contribution is 2.25. The summed E-state index contributed by atoms with van der Waals surface area (Å²) in [6.07, 6.45) is 1.70. The van der Waals surface area contributed by atoms with Crippen LogP contribution in [0.5, 0.6) is 0 Å². The minimum Gasteiger partial charge on any atom is -0.342 e. The molecule has 118 valence electrons. The molecule has 0 radical (unpaired) electrons. The zero-order valence-corrected chi connectivity index (χ0v) is 14.4. The van der Waals surface area contributed by atoms with Crippen molar-refractivity contribution in [2.24, 2.45) is 7.05 Å². The predicted molar refractivity (Wildman–Crippen MR) is 86.7 cm³/mol. The van der Waals surface area contributed by atoms with Crippen LogP contribution < -0.4 is 5.56 Å². The number of thioether (sulfide) groups is 1. The molecule has 0 bridgehead atoms. The number of nitrogens with zero attached hydrogens (tertiary/aromatic N) is 3. The summed E-state index contributed by atoms with van der Waals surface area (Å²) >= 11 is 1.40. The molecule has 0 saturated carbocycles. The number of aryl methyl sites for hydroxylation is 1. The Kier molecular flexibility index (Phi) is 6.95. The van der Waals surface area contributed by atoms with Gasteiger partial charge in [-0.1, -0.05) is 25.1 Å². The van der Waals surface area contributed by atoms with E-state index in [0.717, 1.165) is 12.8 Å². The van der Waals surface area contributed by atoms with Crippen molar-refractivity contribution in [1.29, 1.82) is 0 Å². The second kappa shape index (κ2) is 8.22. The van der Waals surface area contributed by atoms with Gasteiger partial charge in [0.1, 0.15) is 0 Å². The molecular weight excluding hydrogens is 286 g/mol. The van der Waals surface area contributed by atoms with E-state index in [2.05, 4.69) is 11.9 Å². The number of aromatic nitrogens is 2. The lowest BCUT2D eigenvalue weighted by atomic mass is 10.2. The maximum atomic E-state index is 12.6. The van der Waals surface area contributed by atoms with E-state index in [-0.39, 0.29) is 16.7 Å². The van der Waals surface area contributed by atoms with E-state index >= 15 is 0 Å². The van der Waals surface area contributed by atoms with Gasteiger partial charge in [0.2, 0.25) is 5.91 Å². The minimum atomic E-state index is -0.185. The predicted octanol–water partition coefficient (Wildman–Crippen LogP) is 2.22. The standard InChI is InChI=1S/C15H25N3O2S/c1-6-9-12(14(20)18(7-2)8-3)21-15-16-11(4)10-13(19)17(15)5/h10,12H,6-9H2,1-5H3. The fourth-order valence-electron chi connectivity index (χ4n) is 2.09. The SMILES string of the molecule is CCCC(Sc1nc(C)cc(=O)n1C)C(=O)N(CC)CC. The van der Waals surface area contributed by atoms with E-state index < -0.39 is 0 Å². The molecule has 0 aliphatic heterocycles. The van der Waals surface area contributed by atoms with Crippen molar-refractivity contribution >= 4 is 17.7 Å². The zero-order valence-electron chi connectivity index (χ0n) is 13.5. The minimum absolute atomic E-state index is 0.0875. The van der Waals surface area contributed by atoms with Gasteiger partial charge in [0.25, 0.3) is 5.56 Å². The molecular formula is C15H25N3O2S. The highest BCUT2D eigenvalue weighted by molar-refractivity contribution is 8.00. The third-order valence-electron chi connectivity index (χ3n) is 3.37. The molecule has 1 aromatic heterocycles. The number of carbonyl (C=O) groups is 1. The van der Waals surface area contributed by atoms with Gasteiger partial charge in [0.05, 0.1) is 5.25 Å². The first-order valence-corrected chi connectivity index (χ1v) is 8.32.